The fraction of sp³-hybridized carbons (Fsp3) is 0.150. The van der Waals surface area contributed by atoms with Gasteiger partial charge in [0.15, 0.2) is 0 Å². The first-order chi connectivity index (χ1) is 11.8. The molecule has 0 saturated heterocycles. The minimum Gasteiger partial charge on any atom is -0.494 e. The van der Waals surface area contributed by atoms with Gasteiger partial charge in [0.2, 0.25) is 0 Å². The fourth-order valence-electron chi connectivity index (χ4n) is 2.33. The highest BCUT2D eigenvalue weighted by atomic mass is 35.5. The molecule has 3 nitrogen and oxygen atoms in total. The van der Waals surface area contributed by atoms with Crippen LogP contribution in [0.3, 0.4) is 0 Å². The van der Waals surface area contributed by atoms with E-state index in [2.05, 4.69) is 11.1 Å². The van der Waals surface area contributed by atoms with Gasteiger partial charge in [0.25, 0.3) is 0 Å². The van der Waals surface area contributed by atoms with Crippen LogP contribution >= 0.6 is 11.6 Å². The Labute approximate surface area is 147 Å². The first-order valence-electron chi connectivity index (χ1n) is 7.92. The van der Waals surface area contributed by atoms with E-state index < -0.39 is 0 Å². The first kappa shape index (κ1) is 16.3. The molecule has 0 fully saturated rings. The minimum absolute atomic E-state index is 0.690. The highest BCUT2D eigenvalue weighted by Gasteiger charge is 1.96. The van der Waals surface area contributed by atoms with Crippen molar-refractivity contribution in [3.8, 4) is 5.75 Å². The van der Waals surface area contributed by atoms with E-state index in [1.54, 1.807) is 6.20 Å². The average Bonchev–Trinajstić information content (AvgIpc) is 3.11. The molecule has 0 amide bonds. The van der Waals surface area contributed by atoms with Crippen molar-refractivity contribution in [2.45, 2.75) is 13.0 Å². The Morgan fingerprint density at radius 1 is 1.04 bits per heavy atom. The van der Waals surface area contributed by atoms with Gasteiger partial charge in [0, 0.05) is 24.0 Å². The fourth-order valence-corrected chi connectivity index (χ4v) is 2.53. The van der Waals surface area contributed by atoms with Crippen LogP contribution in [0.4, 0.5) is 0 Å². The third kappa shape index (κ3) is 5.00. The molecule has 0 atom stereocenters. The Bertz CT molecular complexity index is 780. The maximum atomic E-state index is 5.99. The van der Waals surface area contributed by atoms with Crippen molar-refractivity contribution in [2.24, 2.45) is 0 Å². The van der Waals surface area contributed by atoms with E-state index in [4.69, 9.17) is 16.3 Å². The first-order valence-corrected chi connectivity index (χ1v) is 8.30. The molecular weight excluding hydrogens is 320 g/mol. The molecule has 3 rings (SSSR count). The topological polar surface area (TPSA) is 27.1 Å². The number of aryl methyl sites for hydroxylation is 1. The van der Waals surface area contributed by atoms with Crippen LogP contribution in [0.2, 0.25) is 5.02 Å². The molecule has 1 heterocycles. The lowest BCUT2D eigenvalue weighted by Crippen LogP contribution is -2.02. The molecule has 0 aliphatic rings. The Balaban J connectivity index is 1.48. The SMILES string of the molecule is Clc1cccc(C=Cc2ccc(OCCCn3ccnc3)cc2)c1. The number of nitrogens with zero attached hydrogens (tertiary/aromatic N) is 2. The molecule has 122 valence electrons. The van der Waals surface area contributed by atoms with Gasteiger partial charge in [-0.25, -0.2) is 4.98 Å². The number of rotatable bonds is 7. The summed E-state index contributed by atoms with van der Waals surface area (Å²) in [4.78, 5) is 4.02. The molecule has 0 radical (unpaired) electrons. The van der Waals surface area contributed by atoms with Crippen molar-refractivity contribution >= 4 is 23.8 Å². The lowest BCUT2D eigenvalue weighted by Gasteiger charge is -2.06. The minimum atomic E-state index is 0.690. The van der Waals surface area contributed by atoms with Gasteiger partial charge in [-0.05, 0) is 41.8 Å². The van der Waals surface area contributed by atoms with Gasteiger partial charge in [-0.3, -0.25) is 0 Å². The third-order valence-corrected chi connectivity index (χ3v) is 3.82. The maximum Gasteiger partial charge on any atom is 0.119 e. The summed E-state index contributed by atoms with van der Waals surface area (Å²) in [5.41, 5.74) is 2.21. The lowest BCUT2D eigenvalue weighted by atomic mass is 10.1. The van der Waals surface area contributed by atoms with E-state index in [9.17, 15) is 0 Å². The monoisotopic (exact) mass is 338 g/mol. The third-order valence-electron chi connectivity index (χ3n) is 3.59. The Hall–Kier alpha value is -2.52. The normalized spacial score (nSPS) is 11.0. The molecule has 0 bridgehead atoms. The van der Waals surface area contributed by atoms with Crippen molar-refractivity contribution in [3.05, 3.63) is 83.4 Å². The molecule has 3 aromatic rings. The molecule has 0 aliphatic heterocycles. The van der Waals surface area contributed by atoms with Crippen molar-refractivity contribution in [2.75, 3.05) is 6.61 Å². The molecular formula is C20H19ClN2O. The number of ether oxygens (including phenoxy) is 1. The van der Waals surface area contributed by atoms with Crippen LogP contribution in [0.25, 0.3) is 12.2 Å². The van der Waals surface area contributed by atoms with Crippen LogP contribution in [-0.2, 0) is 6.54 Å². The smallest absolute Gasteiger partial charge is 0.119 e. The van der Waals surface area contributed by atoms with Gasteiger partial charge in [0.05, 0.1) is 12.9 Å². The molecule has 24 heavy (non-hydrogen) atoms. The van der Waals surface area contributed by atoms with Gasteiger partial charge >= 0.3 is 0 Å². The quantitative estimate of drug-likeness (QED) is 0.438. The summed E-state index contributed by atoms with van der Waals surface area (Å²) >= 11 is 5.99. The van der Waals surface area contributed by atoms with Gasteiger partial charge in [-0.1, -0.05) is 48.0 Å². The molecule has 0 N–H and O–H groups in total. The van der Waals surface area contributed by atoms with E-state index in [1.807, 2.05) is 71.7 Å². The van der Waals surface area contributed by atoms with Gasteiger partial charge in [-0.15, -0.1) is 0 Å². The molecule has 0 spiro atoms. The maximum absolute atomic E-state index is 5.99. The number of hydrogen-bond donors (Lipinski definition) is 0. The van der Waals surface area contributed by atoms with Crippen molar-refractivity contribution in [3.63, 3.8) is 0 Å². The van der Waals surface area contributed by atoms with Crippen molar-refractivity contribution in [1.82, 2.24) is 9.55 Å². The van der Waals surface area contributed by atoms with E-state index >= 15 is 0 Å². The van der Waals surface area contributed by atoms with E-state index in [1.165, 1.54) is 0 Å². The standard InChI is InChI=1S/C20H19ClN2O/c21-19-4-1-3-18(15-19)6-5-17-7-9-20(10-8-17)24-14-2-12-23-13-11-22-16-23/h1,3-11,13,15-16H,2,12,14H2. The van der Waals surface area contributed by atoms with E-state index in [0.717, 1.165) is 34.9 Å². The highest BCUT2D eigenvalue weighted by Crippen LogP contribution is 2.16. The molecule has 1 aromatic heterocycles. The van der Waals surface area contributed by atoms with Crippen LogP contribution in [0.1, 0.15) is 17.5 Å². The lowest BCUT2D eigenvalue weighted by molar-refractivity contribution is 0.302. The predicted octanol–water partition coefficient (Wildman–Crippen LogP) is 5.18. The second kappa shape index (κ2) is 8.37. The Morgan fingerprint density at radius 3 is 2.62 bits per heavy atom. The number of hydrogen-bond acceptors (Lipinski definition) is 2. The summed E-state index contributed by atoms with van der Waals surface area (Å²) in [6, 6.07) is 15.9. The van der Waals surface area contributed by atoms with Crippen LogP contribution in [0, 0.1) is 0 Å². The zero-order valence-corrected chi connectivity index (χ0v) is 14.1. The number of halogens is 1. The Morgan fingerprint density at radius 2 is 1.88 bits per heavy atom. The summed E-state index contributed by atoms with van der Waals surface area (Å²) in [6.45, 7) is 1.61. The average molecular weight is 339 g/mol. The van der Waals surface area contributed by atoms with E-state index in [0.29, 0.717) is 6.61 Å². The van der Waals surface area contributed by atoms with Crippen molar-refractivity contribution < 1.29 is 4.74 Å². The second-order valence-corrected chi connectivity index (χ2v) is 5.90. The summed E-state index contributed by atoms with van der Waals surface area (Å²) in [6.07, 6.45) is 10.6. The molecule has 4 heteroatoms. The summed E-state index contributed by atoms with van der Waals surface area (Å²) in [7, 11) is 0. The zero-order chi connectivity index (χ0) is 16.6. The molecule has 0 saturated carbocycles. The summed E-state index contributed by atoms with van der Waals surface area (Å²) in [5, 5.41) is 0.747. The zero-order valence-electron chi connectivity index (χ0n) is 13.3. The number of aromatic nitrogens is 2. The van der Waals surface area contributed by atoms with Gasteiger partial charge in [0.1, 0.15) is 5.75 Å². The summed E-state index contributed by atoms with van der Waals surface area (Å²) < 4.78 is 7.81. The second-order valence-electron chi connectivity index (χ2n) is 5.46. The predicted molar refractivity (Wildman–Crippen MR) is 99.2 cm³/mol. The van der Waals surface area contributed by atoms with Gasteiger partial charge in [-0.2, -0.15) is 0 Å². The molecule has 0 aliphatic carbocycles. The highest BCUT2D eigenvalue weighted by molar-refractivity contribution is 6.30. The number of imidazole rings is 1. The van der Waals surface area contributed by atoms with Crippen molar-refractivity contribution in [1.29, 1.82) is 0 Å². The largest absolute Gasteiger partial charge is 0.494 e. The van der Waals surface area contributed by atoms with Crippen LogP contribution in [0.15, 0.2) is 67.3 Å². The van der Waals surface area contributed by atoms with Gasteiger partial charge < -0.3 is 9.30 Å². The van der Waals surface area contributed by atoms with Crippen LogP contribution in [0.5, 0.6) is 5.75 Å². The summed E-state index contributed by atoms with van der Waals surface area (Å²) in [5.74, 6) is 0.889. The van der Waals surface area contributed by atoms with Crippen LogP contribution in [-0.4, -0.2) is 16.2 Å². The number of benzene rings is 2. The Kier molecular flexibility index (Phi) is 5.70. The van der Waals surface area contributed by atoms with Crippen LogP contribution < -0.4 is 4.74 Å². The molecule has 2 aromatic carbocycles. The van der Waals surface area contributed by atoms with E-state index in [-0.39, 0.29) is 0 Å². The molecule has 0 unspecified atom stereocenters.